The molecule has 0 amide bonds. The van der Waals surface area contributed by atoms with E-state index in [0.29, 0.717) is 0 Å². The van der Waals surface area contributed by atoms with E-state index in [1.54, 1.807) is 19.3 Å². The Labute approximate surface area is 97.7 Å². The minimum absolute atomic E-state index is 0.110. The number of rotatable bonds is 4. The zero-order chi connectivity index (χ0) is 11.4. The van der Waals surface area contributed by atoms with Crippen LogP contribution in [0.25, 0.3) is 0 Å². The Balaban J connectivity index is 2.66. The summed E-state index contributed by atoms with van der Waals surface area (Å²) in [5, 5.41) is 8.86. The van der Waals surface area contributed by atoms with Gasteiger partial charge in [-0.05, 0) is 39.9 Å². The molecule has 0 spiro atoms. The molecule has 0 aliphatic rings. The standard InChI is InChI=1S/C11H14BrNO2/c1-7(8(2)11(14)15)3-9-4-10(12)6-13-5-9/h4-8H,3H2,1-2H3,(H,14,15). The van der Waals surface area contributed by atoms with Crippen molar-refractivity contribution in [1.82, 2.24) is 4.98 Å². The summed E-state index contributed by atoms with van der Waals surface area (Å²) in [5.74, 6) is -0.965. The SMILES string of the molecule is CC(Cc1cncc(Br)c1)C(C)C(=O)O. The molecule has 0 saturated carbocycles. The van der Waals surface area contributed by atoms with Gasteiger partial charge in [0, 0.05) is 16.9 Å². The Bertz CT molecular complexity index is 354. The van der Waals surface area contributed by atoms with Gasteiger partial charge in [-0.3, -0.25) is 9.78 Å². The molecular formula is C11H14BrNO2. The molecule has 0 aromatic carbocycles. The number of pyridine rings is 1. The minimum Gasteiger partial charge on any atom is -0.481 e. The molecule has 82 valence electrons. The van der Waals surface area contributed by atoms with Gasteiger partial charge in [0.05, 0.1) is 5.92 Å². The van der Waals surface area contributed by atoms with E-state index >= 15 is 0 Å². The first-order chi connectivity index (χ1) is 7.00. The van der Waals surface area contributed by atoms with Crippen molar-refractivity contribution in [3.05, 3.63) is 28.5 Å². The third-order valence-corrected chi connectivity index (χ3v) is 3.00. The predicted molar refractivity (Wildman–Crippen MR) is 61.6 cm³/mol. The highest BCUT2D eigenvalue weighted by Gasteiger charge is 2.19. The first-order valence-electron chi connectivity index (χ1n) is 4.83. The summed E-state index contributed by atoms with van der Waals surface area (Å²) in [7, 11) is 0. The summed E-state index contributed by atoms with van der Waals surface area (Å²) in [6.45, 7) is 3.68. The minimum atomic E-state index is -0.745. The van der Waals surface area contributed by atoms with E-state index in [-0.39, 0.29) is 11.8 Å². The Morgan fingerprint density at radius 1 is 1.53 bits per heavy atom. The van der Waals surface area contributed by atoms with Gasteiger partial charge in [-0.25, -0.2) is 0 Å². The number of hydrogen-bond donors (Lipinski definition) is 1. The van der Waals surface area contributed by atoms with Gasteiger partial charge >= 0.3 is 5.97 Å². The third kappa shape index (κ3) is 3.63. The molecule has 0 saturated heterocycles. The van der Waals surface area contributed by atoms with Crippen LogP contribution in [0.3, 0.4) is 0 Å². The molecule has 1 rings (SSSR count). The number of nitrogens with zero attached hydrogens (tertiary/aromatic N) is 1. The first kappa shape index (κ1) is 12.2. The van der Waals surface area contributed by atoms with E-state index in [1.165, 1.54) is 0 Å². The Hall–Kier alpha value is -0.900. The molecule has 15 heavy (non-hydrogen) atoms. The molecule has 1 aromatic rings. The third-order valence-electron chi connectivity index (χ3n) is 2.56. The van der Waals surface area contributed by atoms with Gasteiger partial charge in [0.2, 0.25) is 0 Å². The van der Waals surface area contributed by atoms with E-state index in [1.807, 2.05) is 13.0 Å². The topological polar surface area (TPSA) is 50.2 Å². The van der Waals surface area contributed by atoms with Gasteiger partial charge in [-0.1, -0.05) is 13.8 Å². The smallest absolute Gasteiger partial charge is 0.306 e. The number of hydrogen-bond acceptors (Lipinski definition) is 2. The monoisotopic (exact) mass is 271 g/mol. The van der Waals surface area contributed by atoms with Crippen LogP contribution in [0.2, 0.25) is 0 Å². The van der Waals surface area contributed by atoms with E-state index in [2.05, 4.69) is 20.9 Å². The van der Waals surface area contributed by atoms with Crippen molar-refractivity contribution in [2.24, 2.45) is 11.8 Å². The number of carbonyl (C=O) groups is 1. The van der Waals surface area contributed by atoms with Crippen molar-refractivity contribution >= 4 is 21.9 Å². The zero-order valence-electron chi connectivity index (χ0n) is 8.77. The lowest BCUT2D eigenvalue weighted by molar-refractivity contribution is -0.142. The second-order valence-electron chi connectivity index (χ2n) is 3.82. The van der Waals surface area contributed by atoms with Gasteiger partial charge in [0.25, 0.3) is 0 Å². The molecule has 1 heterocycles. The molecule has 0 aliphatic heterocycles. The summed E-state index contributed by atoms with van der Waals surface area (Å²) < 4.78 is 0.926. The molecule has 0 radical (unpaired) electrons. The molecule has 0 aliphatic carbocycles. The lowest BCUT2D eigenvalue weighted by Gasteiger charge is -2.15. The zero-order valence-corrected chi connectivity index (χ0v) is 10.4. The average molecular weight is 272 g/mol. The van der Waals surface area contributed by atoms with E-state index < -0.39 is 5.97 Å². The summed E-state index contributed by atoms with van der Waals surface area (Å²) in [5.41, 5.74) is 1.06. The summed E-state index contributed by atoms with van der Waals surface area (Å²) in [6, 6.07) is 1.97. The Morgan fingerprint density at radius 2 is 2.20 bits per heavy atom. The molecule has 1 aromatic heterocycles. The number of carboxylic acid groups (broad SMARTS) is 1. The molecule has 0 fully saturated rings. The number of aromatic nitrogens is 1. The predicted octanol–water partition coefficient (Wildman–Crippen LogP) is 2.74. The maximum absolute atomic E-state index is 10.8. The fourth-order valence-corrected chi connectivity index (χ4v) is 1.77. The van der Waals surface area contributed by atoms with Crippen molar-refractivity contribution in [2.75, 3.05) is 0 Å². The van der Waals surface area contributed by atoms with Crippen molar-refractivity contribution < 1.29 is 9.90 Å². The second kappa shape index (κ2) is 5.26. The van der Waals surface area contributed by atoms with Crippen LogP contribution in [0.15, 0.2) is 22.9 Å². The van der Waals surface area contributed by atoms with Crippen LogP contribution in [0.5, 0.6) is 0 Å². The molecule has 3 nitrogen and oxygen atoms in total. The van der Waals surface area contributed by atoms with Gasteiger partial charge in [0.15, 0.2) is 0 Å². The van der Waals surface area contributed by atoms with Crippen LogP contribution in [-0.2, 0) is 11.2 Å². The molecular weight excluding hydrogens is 258 g/mol. The van der Waals surface area contributed by atoms with Crippen molar-refractivity contribution in [3.63, 3.8) is 0 Å². The van der Waals surface area contributed by atoms with Crippen LogP contribution in [0.4, 0.5) is 0 Å². The van der Waals surface area contributed by atoms with Gasteiger partial charge in [-0.15, -0.1) is 0 Å². The second-order valence-corrected chi connectivity index (χ2v) is 4.74. The first-order valence-corrected chi connectivity index (χ1v) is 5.62. The molecule has 0 bridgehead atoms. The number of carboxylic acids is 1. The molecule has 2 atom stereocenters. The van der Waals surface area contributed by atoms with Crippen LogP contribution >= 0.6 is 15.9 Å². The Morgan fingerprint density at radius 3 is 2.73 bits per heavy atom. The van der Waals surface area contributed by atoms with Gasteiger partial charge < -0.3 is 5.11 Å². The summed E-state index contributed by atoms with van der Waals surface area (Å²) in [4.78, 5) is 14.8. The molecule has 2 unspecified atom stereocenters. The maximum atomic E-state index is 10.8. The summed E-state index contributed by atoms with van der Waals surface area (Å²) in [6.07, 6.45) is 4.23. The van der Waals surface area contributed by atoms with Crippen molar-refractivity contribution in [2.45, 2.75) is 20.3 Å². The van der Waals surface area contributed by atoms with Crippen LogP contribution in [0, 0.1) is 11.8 Å². The van der Waals surface area contributed by atoms with E-state index in [4.69, 9.17) is 5.11 Å². The molecule has 1 N–H and O–H groups in total. The van der Waals surface area contributed by atoms with Crippen molar-refractivity contribution in [1.29, 1.82) is 0 Å². The van der Waals surface area contributed by atoms with Crippen LogP contribution in [-0.4, -0.2) is 16.1 Å². The summed E-state index contributed by atoms with van der Waals surface area (Å²) >= 11 is 3.34. The lowest BCUT2D eigenvalue weighted by atomic mass is 9.90. The highest BCUT2D eigenvalue weighted by molar-refractivity contribution is 9.10. The van der Waals surface area contributed by atoms with E-state index in [9.17, 15) is 4.79 Å². The fraction of sp³-hybridized carbons (Fsp3) is 0.455. The fourth-order valence-electron chi connectivity index (χ4n) is 1.36. The van der Waals surface area contributed by atoms with Gasteiger partial charge in [0.1, 0.15) is 0 Å². The largest absolute Gasteiger partial charge is 0.481 e. The van der Waals surface area contributed by atoms with Crippen LogP contribution in [0.1, 0.15) is 19.4 Å². The molecule has 4 heteroatoms. The number of aliphatic carboxylic acids is 1. The number of halogens is 1. The highest BCUT2D eigenvalue weighted by atomic mass is 79.9. The van der Waals surface area contributed by atoms with Crippen LogP contribution < -0.4 is 0 Å². The maximum Gasteiger partial charge on any atom is 0.306 e. The lowest BCUT2D eigenvalue weighted by Crippen LogP contribution is -2.19. The van der Waals surface area contributed by atoms with Gasteiger partial charge in [-0.2, -0.15) is 0 Å². The average Bonchev–Trinajstić information content (AvgIpc) is 2.16. The normalized spacial score (nSPS) is 14.6. The quantitative estimate of drug-likeness (QED) is 0.916. The van der Waals surface area contributed by atoms with Crippen molar-refractivity contribution in [3.8, 4) is 0 Å². The Kier molecular flexibility index (Phi) is 4.27. The highest BCUT2D eigenvalue weighted by Crippen LogP contribution is 2.18. The van der Waals surface area contributed by atoms with E-state index in [0.717, 1.165) is 16.5 Å².